The number of hydrogen-bond donors (Lipinski definition) is 2. The number of nitrogens with zero attached hydrogens (tertiary/aromatic N) is 3. The Hall–Kier alpha value is -4.34. The Morgan fingerprint density at radius 3 is 2.42 bits per heavy atom. The Morgan fingerprint density at radius 2 is 1.76 bits per heavy atom. The highest BCUT2D eigenvalue weighted by Crippen LogP contribution is 2.31. The van der Waals surface area contributed by atoms with E-state index in [9.17, 15) is 23.6 Å². The predicted octanol–water partition coefficient (Wildman–Crippen LogP) is 2.18. The molecule has 1 aromatic heterocycles. The van der Waals surface area contributed by atoms with E-state index in [0.29, 0.717) is 16.3 Å². The van der Waals surface area contributed by atoms with Crippen molar-refractivity contribution in [2.24, 2.45) is 0 Å². The molecule has 1 atom stereocenters. The topological polar surface area (TPSA) is 113 Å². The molecule has 9 nitrogen and oxygen atoms in total. The number of carbonyl (C=O) groups excluding carboxylic acids is 3. The van der Waals surface area contributed by atoms with E-state index >= 15 is 0 Å². The Kier molecular flexibility index (Phi) is 5.50. The number of aromatic nitrogens is 2. The molecule has 0 bridgehead atoms. The molecule has 1 unspecified atom stereocenters. The van der Waals surface area contributed by atoms with Crippen molar-refractivity contribution in [2.75, 3.05) is 0 Å². The van der Waals surface area contributed by atoms with Crippen LogP contribution < -0.4 is 16.2 Å². The van der Waals surface area contributed by atoms with Gasteiger partial charge in [0.2, 0.25) is 5.43 Å². The molecule has 4 rings (SSSR count). The van der Waals surface area contributed by atoms with Gasteiger partial charge in [-0.15, -0.1) is 0 Å². The molecule has 168 valence electrons. The Bertz CT molecular complexity index is 1320. The van der Waals surface area contributed by atoms with Crippen molar-refractivity contribution in [2.45, 2.75) is 25.8 Å². The highest BCUT2D eigenvalue weighted by atomic mass is 19.1. The zero-order valence-electron chi connectivity index (χ0n) is 17.8. The standard InChI is InChI=1S/C23H20FN5O4/c1-3-23(15-9-5-4-6-10-15)21(32)29(22(33)25-23)27-20(31)19-18(30)13-14(2)28(26-19)17-12-8-7-11-16(17)24/h4-13H,3H2,1-2H3,(H,25,33)(H,27,31). The van der Waals surface area contributed by atoms with Crippen molar-refractivity contribution >= 4 is 17.8 Å². The van der Waals surface area contributed by atoms with Crippen LogP contribution in [-0.2, 0) is 10.3 Å². The summed E-state index contributed by atoms with van der Waals surface area (Å²) >= 11 is 0. The minimum atomic E-state index is -1.36. The highest BCUT2D eigenvalue weighted by Gasteiger charge is 2.52. The number of benzene rings is 2. The third-order valence-electron chi connectivity index (χ3n) is 5.51. The molecule has 1 fully saturated rings. The molecule has 1 saturated heterocycles. The van der Waals surface area contributed by atoms with Crippen molar-refractivity contribution in [3.63, 3.8) is 0 Å². The molecule has 0 radical (unpaired) electrons. The first kappa shape index (κ1) is 21.9. The van der Waals surface area contributed by atoms with Crippen molar-refractivity contribution in [3.8, 4) is 5.69 Å². The number of hydrogen-bond acceptors (Lipinski definition) is 5. The average molecular weight is 449 g/mol. The second-order valence-corrected chi connectivity index (χ2v) is 7.50. The summed E-state index contributed by atoms with van der Waals surface area (Å²) in [5, 5.41) is 7.15. The first-order chi connectivity index (χ1) is 15.8. The number of hydrazine groups is 1. The molecule has 2 N–H and O–H groups in total. The molecule has 33 heavy (non-hydrogen) atoms. The lowest BCUT2D eigenvalue weighted by Crippen LogP contribution is -2.49. The van der Waals surface area contributed by atoms with Crippen LogP contribution in [0.15, 0.2) is 65.5 Å². The molecule has 2 aromatic carbocycles. The molecule has 1 aliphatic rings. The summed E-state index contributed by atoms with van der Waals surface area (Å²) in [5.74, 6) is -2.38. The lowest BCUT2D eigenvalue weighted by molar-refractivity contribution is -0.133. The van der Waals surface area contributed by atoms with E-state index < -0.39 is 40.3 Å². The number of nitrogens with one attached hydrogen (secondary N) is 2. The molecule has 0 aliphatic carbocycles. The van der Waals surface area contributed by atoms with Gasteiger partial charge in [0.1, 0.15) is 17.0 Å². The second kappa shape index (κ2) is 8.30. The molecule has 1 aliphatic heterocycles. The Balaban J connectivity index is 1.67. The lowest BCUT2D eigenvalue weighted by Gasteiger charge is -2.25. The summed E-state index contributed by atoms with van der Waals surface area (Å²) in [6.45, 7) is 3.26. The summed E-state index contributed by atoms with van der Waals surface area (Å²) in [6, 6.07) is 14.6. The van der Waals surface area contributed by atoms with Gasteiger partial charge in [-0.3, -0.25) is 19.8 Å². The number of para-hydroxylation sites is 1. The number of rotatable bonds is 5. The van der Waals surface area contributed by atoms with Gasteiger partial charge in [0.05, 0.1) is 0 Å². The second-order valence-electron chi connectivity index (χ2n) is 7.50. The third-order valence-corrected chi connectivity index (χ3v) is 5.51. The van der Waals surface area contributed by atoms with Gasteiger partial charge in [-0.2, -0.15) is 10.1 Å². The van der Waals surface area contributed by atoms with Crippen molar-refractivity contribution in [1.29, 1.82) is 0 Å². The third kappa shape index (κ3) is 3.65. The van der Waals surface area contributed by atoms with Gasteiger partial charge in [0, 0.05) is 11.8 Å². The molecule has 0 spiro atoms. The first-order valence-corrected chi connectivity index (χ1v) is 10.2. The molecular weight excluding hydrogens is 429 g/mol. The van der Waals surface area contributed by atoms with Gasteiger partial charge in [-0.05, 0) is 31.0 Å². The van der Waals surface area contributed by atoms with E-state index in [0.717, 1.165) is 10.7 Å². The first-order valence-electron chi connectivity index (χ1n) is 10.2. The van der Waals surface area contributed by atoms with Gasteiger partial charge in [-0.25, -0.2) is 13.9 Å². The van der Waals surface area contributed by atoms with Crippen LogP contribution in [0.25, 0.3) is 5.69 Å². The largest absolute Gasteiger partial charge is 0.344 e. The quantitative estimate of drug-likeness (QED) is 0.580. The van der Waals surface area contributed by atoms with Gasteiger partial charge in [-0.1, -0.05) is 49.4 Å². The zero-order valence-corrected chi connectivity index (χ0v) is 17.8. The summed E-state index contributed by atoms with van der Waals surface area (Å²) in [4.78, 5) is 51.1. The number of aryl methyl sites for hydroxylation is 1. The Morgan fingerprint density at radius 1 is 1.09 bits per heavy atom. The number of amides is 4. The molecule has 4 amide bonds. The van der Waals surface area contributed by atoms with E-state index in [1.165, 1.54) is 25.1 Å². The van der Waals surface area contributed by atoms with Crippen LogP contribution in [-0.4, -0.2) is 32.6 Å². The number of imide groups is 1. The van der Waals surface area contributed by atoms with E-state index in [2.05, 4.69) is 15.8 Å². The molecule has 2 heterocycles. The van der Waals surface area contributed by atoms with Crippen LogP contribution in [0.4, 0.5) is 9.18 Å². The minimum Gasteiger partial charge on any atom is -0.318 e. The summed E-state index contributed by atoms with van der Waals surface area (Å²) in [7, 11) is 0. The van der Waals surface area contributed by atoms with Gasteiger partial charge >= 0.3 is 6.03 Å². The van der Waals surface area contributed by atoms with Gasteiger partial charge in [0.15, 0.2) is 5.69 Å². The maximum Gasteiger partial charge on any atom is 0.344 e. The number of halogens is 1. The predicted molar refractivity (Wildman–Crippen MR) is 116 cm³/mol. The maximum atomic E-state index is 14.3. The van der Waals surface area contributed by atoms with Crippen LogP contribution in [0, 0.1) is 12.7 Å². The van der Waals surface area contributed by atoms with E-state index in [1.54, 1.807) is 43.3 Å². The van der Waals surface area contributed by atoms with Crippen LogP contribution >= 0.6 is 0 Å². The summed E-state index contributed by atoms with van der Waals surface area (Å²) < 4.78 is 15.4. The van der Waals surface area contributed by atoms with Gasteiger partial charge < -0.3 is 5.32 Å². The van der Waals surface area contributed by atoms with Crippen LogP contribution in [0.2, 0.25) is 0 Å². The molecule has 0 saturated carbocycles. The van der Waals surface area contributed by atoms with Crippen molar-refractivity contribution < 1.29 is 18.8 Å². The fourth-order valence-electron chi connectivity index (χ4n) is 3.77. The molecule has 3 aromatic rings. The number of carbonyl (C=O) groups is 3. The monoisotopic (exact) mass is 449 g/mol. The van der Waals surface area contributed by atoms with E-state index in [-0.39, 0.29) is 12.1 Å². The summed E-state index contributed by atoms with van der Waals surface area (Å²) in [5.41, 5.74) is 0.355. The van der Waals surface area contributed by atoms with Crippen LogP contribution in [0.1, 0.15) is 35.1 Å². The van der Waals surface area contributed by atoms with Gasteiger partial charge in [0.25, 0.3) is 11.8 Å². The summed E-state index contributed by atoms with van der Waals surface area (Å²) in [6.07, 6.45) is 0.233. The number of urea groups is 1. The van der Waals surface area contributed by atoms with Crippen molar-refractivity contribution in [3.05, 3.63) is 93.7 Å². The fraction of sp³-hybridized carbons (Fsp3) is 0.174. The van der Waals surface area contributed by atoms with Crippen LogP contribution in [0.5, 0.6) is 0 Å². The molecular formula is C23H20FN5O4. The Labute approximate surface area is 187 Å². The fourth-order valence-corrected chi connectivity index (χ4v) is 3.77. The smallest absolute Gasteiger partial charge is 0.318 e. The SMILES string of the molecule is CCC1(c2ccccc2)NC(=O)N(NC(=O)c2nn(-c3ccccc3F)c(C)cc2=O)C1=O. The molecule has 10 heteroatoms. The lowest BCUT2D eigenvalue weighted by atomic mass is 9.87. The highest BCUT2D eigenvalue weighted by molar-refractivity contribution is 6.09. The van der Waals surface area contributed by atoms with E-state index in [4.69, 9.17) is 0 Å². The minimum absolute atomic E-state index is 0.0353. The normalized spacial score (nSPS) is 17.7. The van der Waals surface area contributed by atoms with E-state index in [1.807, 2.05) is 0 Å². The average Bonchev–Trinajstić information content (AvgIpc) is 3.05. The zero-order chi connectivity index (χ0) is 23.8. The maximum absolute atomic E-state index is 14.3. The van der Waals surface area contributed by atoms with Crippen molar-refractivity contribution in [1.82, 2.24) is 25.5 Å². The van der Waals surface area contributed by atoms with Crippen LogP contribution in [0.3, 0.4) is 0 Å².